The SMILES string of the molecule is CCNC(=O)ON=C1C(c2c(O)[nH]c3cc(Br)ccc23)=Nc2ccccc21. The molecule has 0 atom stereocenters. The summed E-state index contributed by atoms with van der Waals surface area (Å²) in [6.45, 7) is 2.22. The van der Waals surface area contributed by atoms with E-state index < -0.39 is 6.09 Å². The average molecular weight is 427 g/mol. The van der Waals surface area contributed by atoms with Gasteiger partial charge in [-0.25, -0.2) is 9.79 Å². The molecule has 1 amide bonds. The molecule has 0 unspecified atom stereocenters. The molecule has 0 aliphatic carbocycles. The highest BCUT2D eigenvalue weighted by atomic mass is 79.9. The summed E-state index contributed by atoms with van der Waals surface area (Å²) in [4.78, 5) is 24.2. The molecule has 0 saturated heterocycles. The number of aliphatic imine (C=N–C) groups is 1. The number of hydrogen-bond acceptors (Lipinski definition) is 5. The van der Waals surface area contributed by atoms with Crippen LogP contribution >= 0.6 is 15.9 Å². The molecule has 2 aromatic carbocycles. The van der Waals surface area contributed by atoms with Crippen LogP contribution in [0.5, 0.6) is 5.88 Å². The fourth-order valence-corrected chi connectivity index (χ4v) is 3.36. The molecule has 0 spiro atoms. The van der Waals surface area contributed by atoms with Crippen molar-refractivity contribution in [2.75, 3.05) is 6.54 Å². The first kappa shape index (κ1) is 17.3. The molecule has 0 saturated carbocycles. The lowest BCUT2D eigenvalue weighted by Gasteiger charge is -2.05. The fraction of sp³-hybridized carbons (Fsp3) is 0.105. The number of fused-ring (bicyclic) bond motifs is 2. The first-order valence-corrected chi connectivity index (χ1v) is 9.09. The molecule has 0 radical (unpaired) electrons. The summed E-state index contributed by atoms with van der Waals surface area (Å²) in [6.07, 6.45) is -0.652. The number of carbonyl (C=O) groups excluding carboxylic acids is 1. The van der Waals surface area contributed by atoms with Gasteiger partial charge in [-0.3, -0.25) is 4.84 Å². The third-order valence-electron chi connectivity index (χ3n) is 4.13. The summed E-state index contributed by atoms with van der Waals surface area (Å²) in [5.74, 6) is -0.0274. The molecule has 3 N–H and O–H groups in total. The number of para-hydroxylation sites is 1. The summed E-state index contributed by atoms with van der Waals surface area (Å²) >= 11 is 3.42. The zero-order chi connectivity index (χ0) is 19.0. The number of nitrogens with one attached hydrogen (secondary N) is 2. The van der Waals surface area contributed by atoms with E-state index in [-0.39, 0.29) is 5.88 Å². The highest BCUT2D eigenvalue weighted by molar-refractivity contribution is 9.10. The lowest BCUT2D eigenvalue weighted by molar-refractivity contribution is 0.151. The number of aromatic amines is 1. The maximum absolute atomic E-state index is 11.7. The molecule has 7 nitrogen and oxygen atoms in total. The van der Waals surface area contributed by atoms with E-state index in [1.54, 1.807) is 6.92 Å². The van der Waals surface area contributed by atoms with Crippen molar-refractivity contribution in [1.29, 1.82) is 0 Å². The Morgan fingerprint density at radius 3 is 2.96 bits per heavy atom. The van der Waals surface area contributed by atoms with Crippen LogP contribution < -0.4 is 5.32 Å². The van der Waals surface area contributed by atoms with Crippen molar-refractivity contribution in [2.45, 2.75) is 6.92 Å². The Morgan fingerprint density at radius 2 is 2.15 bits per heavy atom. The van der Waals surface area contributed by atoms with Crippen molar-refractivity contribution in [3.05, 3.63) is 58.1 Å². The Kier molecular flexibility index (Phi) is 4.41. The Morgan fingerprint density at radius 1 is 1.33 bits per heavy atom. The van der Waals surface area contributed by atoms with E-state index in [9.17, 15) is 9.90 Å². The standard InChI is InChI=1S/C19H15BrN4O3/c1-2-21-19(26)27-24-16-12-5-3-4-6-13(12)22-17(16)15-11-8-7-10(20)9-14(11)23-18(15)25/h3-9,23,25H,2H2,1H3,(H,21,26). The van der Waals surface area contributed by atoms with Crippen LogP contribution in [0.15, 0.2) is 57.1 Å². The number of rotatable bonds is 3. The minimum Gasteiger partial charge on any atom is -0.494 e. The van der Waals surface area contributed by atoms with Crippen LogP contribution in [0, 0.1) is 0 Å². The Hall–Kier alpha value is -3.13. The van der Waals surface area contributed by atoms with Gasteiger partial charge in [0.2, 0.25) is 0 Å². The van der Waals surface area contributed by atoms with E-state index in [1.807, 2.05) is 42.5 Å². The quantitative estimate of drug-likeness (QED) is 0.431. The Balaban J connectivity index is 1.85. The first-order chi connectivity index (χ1) is 13.1. The molecule has 4 rings (SSSR count). The molecular formula is C19H15BrN4O3. The van der Waals surface area contributed by atoms with Gasteiger partial charge in [-0.1, -0.05) is 45.4 Å². The van der Waals surface area contributed by atoms with Crippen LogP contribution in [0.2, 0.25) is 0 Å². The predicted octanol–water partition coefficient (Wildman–Crippen LogP) is 4.22. The van der Waals surface area contributed by atoms with E-state index in [2.05, 4.69) is 36.4 Å². The molecule has 136 valence electrons. The zero-order valence-corrected chi connectivity index (χ0v) is 15.9. The highest BCUT2D eigenvalue weighted by Gasteiger charge is 2.29. The van der Waals surface area contributed by atoms with E-state index in [4.69, 9.17) is 4.84 Å². The summed E-state index contributed by atoms with van der Waals surface area (Å²) < 4.78 is 0.882. The Labute approximate surface area is 162 Å². The molecule has 27 heavy (non-hydrogen) atoms. The van der Waals surface area contributed by atoms with Crippen LogP contribution in [0.3, 0.4) is 0 Å². The zero-order valence-electron chi connectivity index (χ0n) is 14.3. The van der Waals surface area contributed by atoms with E-state index in [1.165, 1.54) is 0 Å². The maximum atomic E-state index is 11.7. The number of benzene rings is 2. The number of oxime groups is 1. The highest BCUT2D eigenvalue weighted by Crippen LogP contribution is 2.36. The van der Waals surface area contributed by atoms with Crippen LogP contribution in [-0.2, 0) is 4.84 Å². The van der Waals surface area contributed by atoms with Crippen LogP contribution in [0.1, 0.15) is 18.1 Å². The van der Waals surface area contributed by atoms with E-state index in [0.29, 0.717) is 29.2 Å². The predicted molar refractivity (Wildman–Crippen MR) is 107 cm³/mol. The van der Waals surface area contributed by atoms with Gasteiger partial charge in [-0.05, 0) is 25.1 Å². The van der Waals surface area contributed by atoms with Gasteiger partial charge in [0, 0.05) is 22.0 Å². The molecule has 8 heteroatoms. The second-order valence-corrected chi connectivity index (χ2v) is 6.78. The molecule has 1 aliphatic rings. The van der Waals surface area contributed by atoms with Gasteiger partial charge in [-0.2, -0.15) is 0 Å². The van der Waals surface area contributed by atoms with Crippen molar-refractivity contribution in [3.8, 4) is 5.88 Å². The lowest BCUT2D eigenvalue weighted by Crippen LogP contribution is -2.23. The lowest BCUT2D eigenvalue weighted by atomic mass is 10.0. The normalized spacial score (nSPS) is 14.3. The third kappa shape index (κ3) is 3.08. The summed E-state index contributed by atoms with van der Waals surface area (Å²) in [5, 5.41) is 17.8. The van der Waals surface area contributed by atoms with Gasteiger partial charge in [-0.15, -0.1) is 0 Å². The third-order valence-corrected chi connectivity index (χ3v) is 4.63. The number of hydrogen-bond donors (Lipinski definition) is 3. The van der Waals surface area contributed by atoms with E-state index >= 15 is 0 Å². The fourth-order valence-electron chi connectivity index (χ4n) is 3.00. The molecule has 3 aromatic rings. The van der Waals surface area contributed by atoms with Gasteiger partial charge in [0.05, 0.1) is 16.8 Å². The largest absolute Gasteiger partial charge is 0.494 e. The number of amides is 1. The minimum absolute atomic E-state index is 0.0274. The number of aromatic hydroxyl groups is 1. The van der Waals surface area contributed by atoms with Gasteiger partial charge in [0.1, 0.15) is 11.4 Å². The topological polar surface area (TPSA) is 99.1 Å². The van der Waals surface area contributed by atoms with Gasteiger partial charge < -0.3 is 15.4 Å². The number of aromatic nitrogens is 1. The van der Waals surface area contributed by atoms with Crippen LogP contribution in [0.25, 0.3) is 10.9 Å². The summed E-state index contributed by atoms with van der Waals surface area (Å²) in [5.41, 5.74) is 3.49. The average Bonchev–Trinajstić information content (AvgIpc) is 3.16. The number of halogens is 1. The van der Waals surface area contributed by atoms with Crippen molar-refractivity contribution in [1.82, 2.24) is 10.3 Å². The first-order valence-electron chi connectivity index (χ1n) is 8.30. The summed E-state index contributed by atoms with van der Waals surface area (Å²) in [7, 11) is 0. The van der Waals surface area contributed by atoms with Crippen molar-refractivity contribution in [2.24, 2.45) is 10.1 Å². The molecular weight excluding hydrogens is 412 g/mol. The van der Waals surface area contributed by atoms with Crippen molar-refractivity contribution >= 4 is 50.0 Å². The van der Waals surface area contributed by atoms with Gasteiger partial charge in [0.15, 0.2) is 5.88 Å². The molecule has 0 bridgehead atoms. The smallest absolute Gasteiger partial charge is 0.433 e. The Bertz CT molecular complexity index is 1120. The molecule has 0 fully saturated rings. The van der Waals surface area contributed by atoms with E-state index in [0.717, 1.165) is 20.9 Å². The second kappa shape index (κ2) is 6.88. The summed E-state index contributed by atoms with van der Waals surface area (Å²) in [6, 6.07) is 13.0. The minimum atomic E-state index is -0.652. The van der Waals surface area contributed by atoms with Crippen LogP contribution in [-0.4, -0.2) is 34.2 Å². The number of H-pyrrole nitrogens is 1. The van der Waals surface area contributed by atoms with Gasteiger partial charge >= 0.3 is 6.09 Å². The monoisotopic (exact) mass is 426 g/mol. The van der Waals surface area contributed by atoms with Crippen molar-refractivity contribution in [3.63, 3.8) is 0 Å². The van der Waals surface area contributed by atoms with Crippen LogP contribution in [0.4, 0.5) is 10.5 Å². The molecule has 2 heterocycles. The van der Waals surface area contributed by atoms with Crippen molar-refractivity contribution < 1.29 is 14.7 Å². The van der Waals surface area contributed by atoms with Gasteiger partial charge in [0.25, 0.3) is 0 Å². The maximum Gasteiger partial charge on any atom is 0.433 e. The second-order valence-electron chi connectivity index (χ2n) is 5.87. The molecule has 1 aromatic heterocycles. The molecule has 1 aliphatic heterocycles. The number of nitrogens with zero attached hydrogens (tertiary/aromatic N) is 2. The number of carbonyl (C=O) groups is 1.